The van der Waals surface area contributed by atoms with Crippen LogP contribution in [0.4, 0.5) is 9.93 Å². The van der Waals surface area contributed by atoms with Crippen LogP contribution < -0.4 is 10.6 Å². The third-order valence-electron chi connectivity index (χ3n) is 4.83. The van der Waals surface area contributed by atoms with Gasteiger partial charge in [0.25, 0.3) is 0 Å². The number of fused-ring (bicyclic) bond motifs is 3. The summed E-state index contributed by atoms with van der Waals surface area (Å²) >= 11 is 1.63. The van der Waals surface area contributed by atoms with Crippen molar-refractivity contribution in [3.8, 4) is 0 Å². The number of rotatable bonds is 2. The molecule has 4 rings (SSSR count). The SMILES string of the molecule is C[C@H]1CCc2nc(NC(=O)N[C@@H]3C[C@H]4CC[C@H]3O4)sc2C1. The summed E-state index contributed by atoms with van der Waals surface area (Å²) in [5, 5.41) is 6.67. The summed E-state index contributed by atoms with van der Waals surface area (Å²) in [6.07, 6.45) is 7.06. The second-order valence-electron chi connectivity index (χ2n) is 6.55. The number of nitrogens with zero attached hydrogens (tertiary/aromatic N) is 1. The van der Waals surface area contributed by atoms with E-state index in [2.05, 4.69) is 22.5 Å². The maximum absolute atomic E-state index is 12.1. The smallest absolute Gasteiger partial charge is 0.321 e. The topological polar surface area (TPSA) is 63.2 Å². The molecule has 2 saturated heterocycles. The van der Waals surface area contributed by atoms with Gasteiger partial charge in [-0.25, -0.2) is 9.78 Å². The van der Waals surface area contributed by atoms with Crippen LogP contribution in [0.15, 0.2) is 0 Å². The van der Waals surface area contributed by atoms with E-state index in [-0.39, 0.29) is 18.2 Å². The maximum atomic E-state index is 12.1. The molecule has 2 aliphatic heterocycles. The molecule has 0 spiro atoms. The molecular weight excluding hydrogens is 286 g/mol. The van der Waals surface area contributed by atoms with Crippen molar-refractivity contribution in [1.82, 2.24) is 10.3 Å². The maximum Gasteiger partial charge on any atom is 0.321 e. The first-order valence-corrected chi connectivity index (χ1v) is 8.70. The number of hydrogen-bond acceptors (Lipinski definition) is 4. The number of ether oxygens (including phenoxy) is 1. The van der Waals surface area contributed by atoms with Crippen LogP contribution in [0.3, 0.4) is 0 Å². The fourth-order valence-corrected chi connectivity index (χ4v) is 4.85. The summed E-state index contributed by atoms with van der Waals surface area (Å²) in [7, 11) is 0. The highest BCUT2D eigenvalue weighted by atomic mass is 32.1. The van der Waals surface area contributed by atoms with Gasteiger partial charge in [0, 0.05) is 4.88 Å². The lowest BCUT2D eigenvalue weighted by atomic mass is 9.93. The fraction of sp³-hybridized carbons (Fsp3) is 0.733. The van der Waals surface area contributed by atoms with Crippen molar-refractivity contribution in [2.45, 2.75) is 63.7 Å². The molecule has 2 fully saturated rings. The zero-order valence-corrected chi connectivity index (χ0v) is 13.0. The van der Waals surface area contributed by atoms with Crippen LogP contribution in [-0.2, 0) is 17.6 Å². The third-order valence-corrected chi connectivity index (χ3v) is 5.86. The van der Waals surface area contributed by atoms with Crippen molar-refractivity contribution in [3.05, 3.63) is 10.6 Å². The number of hydrogen-bond donors (Lipinski definition) is 2. The van der Waals surface area contributed by atoms with Gasteiger partial charge in [0.1, 0.15) is 0 Å². The number of aryl methyl sites for hydroxylation is 1. The van der Waals surface area contributed by atoms with Crippen molar-refractivity contribution in [3.63, 3.8) is 0 Å². The van der Waals surface area contributed by atoms with Crippen LogP contribution in [0, 0.1) is 5.92 Å². The molecule has 4 atom stereocenters. The van der Waals surface area contributed by atoms with Gasteiger partial charge in [-0.05, 0) is 44.4 Å². The number of thiazole rings is 1. The molecular formula is C15H21N3O2S. The second-order valence-corrected chi connectivity index (χ2v) is 7.64. The molecule has 3 aliphatic rings. The Morgan fingerprint density at radius 2 is 2.29 bits per heavy atom. The van der Waals surface area contributed by atoms with Crippen molar-refractivity contribution >= 4 is 22.5 Å². The van der Waals surface area contributed by atoms with Crippen molar-refractivity contribution in [2.75, 3.05) is 5.32 Å². The van der Waals surface area contributed by atoms with Gasteiger partial charge in [-0.2, -0.15) is 0 Å². The number of aromatic nitrogens is 1. The van der Waals surface area contributed by atoms with Gasteiger partial charge >= 0.3 is 6.03 Å². The summed E-state index contributed by atoms with van der Waals surface area (Å²) < 4.78 is 5.76. The molecule has 3 heterocycles. The molecule has 1 aromatic rings. The van der Waals surface area contributed by atoms with E-state index in [1.165, 1.54) is 17.0 Å². The Morgan fingerprint density at radius 1 is 1.38 bits per heavy atom. The van der Waals surface area contributed by atoms with Crippen LogP contribution in [0.1, 0.15) is 43.2 Å². The number of nitrogens with one attached hydrogen (secondary N) is 2. The molecule has 0 radical (unpaired) electrons. The standard InChI is InChI=1S/C15H21N3O2S/c1-8-2-4-10-13(6-8)21-15(17-10)18-14(19)16-11-7-9-3-5-12(11)20-9/h8-9,11-12H,2-7H2,1H3,(H2,16,17,18,19)/t8-,9+,11+,12+/m0/s1. The Morgan fingerprint density at radius 3 is 3.05 bits per heavy atom. The average Bonchev–Trinajstić information content (AvgIpc) is 3.12. The predicted molar refractivity (Wildman–Crippen MR) is 81.8 cm³/mol. The lowest BCUT2D eigenvalue weighted by Crippen LogP contribution is -2.43. The summed E-state index contributed by atoms with van der Waals surface area (Å²) in [6.45, 7) is 2.28. The number of amides is 2. The highest BCUT2D eigenvalue weighted by Gasteiger charge is 2.41. The van der Waals surface area contributed by atoms with Gasteiger partial charge in [0.05, 0.1) is 23.9 Å². The molecule has 2 amide bonds. The van der Waals surface area contributed by atoms with Gasteiger partial charge < -0.3 is 10.1 Å². The first-order valence-electron chi connectivity index (χ1n) is 7.89. The van der Waals surface area contributed by atoms with E-state index in [1.807, 2.05) is 0 Å². The summed E-state index contributed by atoms with van der Waals surface area (Å²) in [5.74, 6) is 0.728. The molecule has 1 aliphatic carbocycles. The van der Waals surface area contributed by atoms with Crippen molar-refractivity contribution in [1.29, 1.82) is 0 Å². The summed E-state index contributed by atoms with van der Waals surface area (Å²) in [4.78, 5) is 18.0. The monoisotopic (exact) mass is 307 g/mol. The molecule has 0 unspecified atom stereocenters. The van der Waals surface area contributed by atoms with Gasteiger partial charge in [0.15, 0.2) is 5.13 Å². The summed E-state index contributed by atoms with van der Waals surface area (Å²) in [6, 6.07) is 0.0219. The van der Waals surface area contributed by atoms with Crippen molar-refractivity contribution < 1.29 is 9.53 Å². The molecule has 21 heavy (non-hydrogen) atoms. The minimum Gasteiger partial charge on any atom is -0.373 e. The van der Waals surface area contributed by atoms with Gasteiger partial charge in [-0.1, -0.05) is 6.92 Å². The molecule has 1 aromatic heterocycles. The van der Waals surface area contributed by atoms with E-state index in [9.17, 15) is 4.79 Å². The lowest BCUT2D eigenvalue weighted by molar-refractivity contribution is 0.0984. The van der Waals surface area contributed by atoms with E-state index in [4.69, 9.17) is 4.74 Å². The van der Waals surface area contributed by atoms with Gasteiger partial charge in [-0.3, -0.25) is 5.32 Å². The first kappa shape index (κ1) is 13.5. The molecule has 114 valence electrons. The lowest BCUT2D eigenvalue weighted by Gasteiger charge is -2.19. The van der Waals surface area contributed by atoms with E-state index in [0.29, 0.717) is 6.10 Å². The quantitative estimate of drug-likeness (QED) is 0.883. The Balaban J connectivity index is 1.36. The highest BCUT2D eigenvalue weighted by Crippen LogP contribution is 2.35. The Hall–Kier alpha value is -1.14. The number of carbonyl (C=O) groups is 1. The van der Waals surface area contributed by atoms with Crippen LogP contribution >= 0.6 is 11.3 Å². The molecule has 0 saturated carbocycles. The Kier molecular flexibility index (Phi) is 3.38. The number of carbonyl (C=O) groups excluding carboxylic acids is 1. The van der Waals surface area contributed by atoms with Crippen LogP contribution in [0.25, 0.3) is 0 Å². The van der Waals surface area contributed by atoms with Crippen molar-refractivity contribution in [2.24, 2.45) is 5.92 Å². The molecule has 6 heteroatoms. The Bertz CT molecular complexity index is 559. The molecule has 2 bridgehead atoms. The van der Waals surface area contributed by atoms with E-state index >= 15 is 0 Å². The largest absolute Gasteiger partial charge is 0.373 e. The average molecular weight is 307 g/mol. The predicted octanol–water partition coefficient (Wildman–Crippen LogP) is 2.71. The van der Waals surface area contributed by atoms with Gasteiger partial charge in [0.2, 0.25) is 0 Å². The number of urea groups is 1. The van der Waals surface area contributed by atoms with Crippen LogP contribution in [0.5, 0.6) is 0 Å². The third kappa shape index (κ3) is 2.66. The molecule has 0 aromatic carbocycles. The fourth-order valence-electron chi connectivity index (χ4n) is 3.68. The van der Waals surface area contributed by atoms with E-state index < -0.39 is 0 Å². The summed E-state index contributed by atoms with van der Waals surface area (Å²) in [5.41, 5.74) is 1.18. The van der Waals surface area contributed by atoms with Gasteiger partial charge in [-0.15, -0.1) is 11.3 Å². The normalized spacial score (nSPS) is 33.8. The Labute approximate surface area is 128 Å². The highest BCUT2D eigenvalue weighted by molar-refractivity contribution is 7.15. The van der Waals surface area contributed by atoms with E-state index in [0.717, 1.165) is 43.2 Å². The second kappa shape index (κ2) is 5.25. The van der Waals surface area contributed by atoms with Crippen LogP contribution in [0.2, 0.25) is 0 Å². The van der Waals surface area contributed by atoms with E-state index in [1.54, 1.807) is 11.3 Å². The zero-order chi connectivity index (χ0) is 14.4. The zero-order valence-electron chi connectivity index (χ0n) is 12.2. The van der Waals surface area contributed by atoms with Crippen LogP contribution in [-0.4, -0.2) is 29.3 Å². The molecule has 5 nitrogen and oxygen atoms in total. The minimum absolute atomic E-state index is 0.143. The first-order chi connectivity index (χ1) is 10.2. The minimum atomic E-state index is -0.143. The molecule has 2 N–H and O–H groups in total. The number of anilines is 1.